The number of aliphatic hydroxyl groups is 1. The summed E-state index contributed by atoms with van der Waals surface area (Å²) < 4.78 is 0. The largest absolute Gasteiger partial charge is 0.389 e. The molecule has 0 spiro atoms. The van der Waals surface area contributed by atoms with Gasteiger partial charge in [-0.1, -0.05) is 41.7 Å². The van der Waals surface area contributed by atoms with E-state index in [2.05, 4.69) is 55.4 Å². The Hall–Kier alpha value is -0.820. The Kier molecular flexibility index (Phi) is 5.02. The Morgan fingerprint density at radius 1 is 0.870 bits per heavy atom. The monoisotopic (exact) mass is 316 g/mol. The predicted molar refractivity (Wildman–Crippen MR) is 100 cm³/mol. The summed E-state index contributed by atoms with van der Waals surface area (Å²) in [6, 6.07) is 0. The second-order valence-electron chi connectivity index (χ2n) is 8.97. The highest BCUT2D eigenvalue weighted by molar-refractivity contribution is 5.33. The Morgan fingerprint density at radius 2 is 1.39 bits per heavy atom. The van der Waals surface area contributed by atoms with Crippen LogP contribution in [-0.2, 0) is 0 Å². The molecular formula is C22H36O. The van der Waals surface area contributed by atoms with Crippen molar-refractivity contribution in [1.82, 2.24) is 0 Å². The molecule has 0 saturated carbocycles. The Bertz CT molecular complexity index is 589. The lowest BCUT2D eigenvalue weighted by Gasteiger charge is -2.44. The topological polar surface area (TPSA) is 20.2 Å². The van der Waals surface area contributed by atoms with Gasteiger partial charge >= 0.3 is 0 Å². The van der Waals surface area contributed by atoms with Gasteiger partial charge in [-0.05, 0) is 90.0 Å². The molecule has 3 unspecified atom stereocenters. The van der Waals surface area contributed by atoms with Crippen LogP contribution >= 0.6 is 0 Å². The van der Waals surface area contributed by atoms with E-state index >= 15 is 0 Å². The standard InChI is InChI=1S/C22H36O/c1-14-9-10-21(7,11-15(14)2)18(5)19(6)22(8)12-16(3)17(4)20(23)13-22/h20,23H,9-13H2,1-8H3. The van der Waals surface area contributed by atoms with Crippen LogP contribution < -0.4 is 0 Å². The van der Waals surface area contributed by atoms with Crippen molar-refractivity contribution in [3.05, 3.63) is 33.4 Å². The van der Waals surface area contributed by atoms with Crippen molar-refractivity contribution in [3.63, 3.8) is 0 Å². The first-order chi connectivity index (χ1) is 10.5. The van der Waals surface area contributed by atoms with Crippen molar-refractivity contribution in [2.45, 2.75) is 93.6 Å². The lowest BCUT2D eigenvalue weighted by atomic mass is 9.62. The number of hydrogen-bond acceptors (Lipinski definition) is 1. The van der Waals surface area contributed by atoms with E-state index in [9.17, 15) is 5.11 Å². The molecule has 0 aromatic carbocycles. The first kappa shape index (κ1) is 18.5. The third-order valence-corrected chi connectivity index (χ3v) is 7.28. The molecule has 1 N–H and O–H groups in total. The first-order valence-corrected chi connectivity index (χ1v) is 9.18. The van der Waals surface area contributed by atoms with Gasteiger partial charge in [0.15, 0.2) is 0 Å². The van der Waals surface area contributed by atoms with Gasteiger partial charge in [-0.3, -0.25) is 0 Å². The van der Waals surface area contributed by atoms with Gasteiger partial charge in [-0.25, -0.2) is 0 Å². The molecule has 23 heavy (non-hydrogen) atoms. The van der Waals surface area contributed by atoms with Crippen molar-refractivity contribution in [2.24, 2.45) is 10.8 Å². The van der Waals surface area contributed by atoms with Gasteiger partial charge in [0.05, 0.1) is 6.10 Å². The van der Waals surface area contributed by atoms with Crippen LogP contribution in [0.25, 0.3) is 0 Å². The van der Waals surface area contributed by atoms with E-state index in [4.69, 9.17) is 0 Å². The van der Waals surface area contributed by atoms with Gasteiger partial charge in [0.25, 0.3) is 0 Å². The zero-order valence-corrected chi connectivity index (χ0v) is 16.6. The molecule has 1 heteroatoms. The van der Waals surface area contributed by atoms with Crippen LogP contribution in [0.3, 0.4) is 0 Å². The average Bonchev–Trinajstić information content (AvgIpc) is 2.47. The smallest absolute Gasteiger partial charge is 0.0758 e. The molecule has 0 aliphatic heterocycles. The van der Waals surface area contributed by atoms with E-state index in [1.807, 2.05) is 0 Å². The van der Waals surface area contributed by atoms with Crippen LogP contribution in [0, 0.1) is 10.8 Å². The van der Waals surface area contributed by atoms with Gasteiger partial charge in [0.1, 0.15) is 0 Å². The number of aliphatic hydroxyl groups excluding tert-OH is 1. The third-order valence-electron chi connectivity index (χ3n) is 7.28. The molecular weight excluding hydrogens is 280 g/mol. The van der Waals surface area contributed by atoms with Gasteiger partial charge in [-0.2, -0.15) is 0 Å². The molecule has 2 aliphatic carbocycles. The van der Waals surface area contributed by atoms with E-state index < -0.39 is 0 Å². The Labute approximate surface area is 143 Å². The van der Waals surface area contributed by atoms with Crippen LogP contribution in [0.15, 0.2) is 33.4 Å². The highest BCUT2D eigenvalue weighted by Crippen LogP contribution is 2.51. The minimum absolute atomic E-state index is 0.0974. The van der Waals surface area contributed by atoms with E-state index in [-0.39, 0.29) is 16.9 Å². The summed E-state index contributed by atoms with van der Waals surface area (Å²) in [6.45, 7) is 18.3. The molecule has 3 atom stereocenters. The Morgan fingerprint density at radius 3 is 1.91 bits per heavy atom. The summed E-state index contributed by atoms with van der Waals surface area (Å²) in [5.74, 6) is 0. The van der Waals surface area contributed by atoms with Crippen molar-refractivity contribution in [1.29, 1.82) is 0 Å². The van der Waals surface area contributed by atoms with Gasteiger partial charge < -0.3 is 5.11 Å². The summed E-state index contributed by atoms with van der Waals surface area (Å²) >= 11 is 0. The fourth-order valence-electron chi connectivity index (χ4n) is 4.67. The maximum atomic E-state index is 10.5. The molecule has 0 heterocycles. The van der Waals surface area contributed by atoms with E-state index in [0.717, 1.165) is 12.8 Å². The quantitative estimate of drug-likeness (QED) is 0.589. The third kappa shape index (κ3) is 3.36. The molecule has 2 rings (SSSR count). The second kappa shape index (κ2) is 6.24. The van der Waals surface area contributed by atoms with Gasteiger partial charge in [-0.15, -0.1) is 0 Å². The lowest BCUT2D eigenvalue weighted by molar-refractivity contribution is 0.134. The highest BCUT2D eigenvalue weighted by Gasteiger charge is 2.39. The zero-order chi connectivity index (χ0) is 17.6. The Balaban J connectivity index is 2.38. The summed E-state index contributed by atoms with van der Waals surface area (Å²) in [4.78, 5) is 0. The van der Waals surface area contributed by atoms with Crippen LogP contribution in [-0.4, -0.2) is 11.2 Å². The molecule has 0 radical (unpaired) electrons. The van der Waals surface area contributed by atoms with Crippen molar-refractivity contribution in [3.8, 4) is 0 Å². The second-order valence-corrected chi connectivity index (χ2v) is 8.97. The van der Waals surface area contributed by atoms with Crippen LogP contribution in [0.1, 0.15) is 87.5 Å². The van der Waals surface area contributed by atoms with Crippen LogP contribution in [0.5, 0.6) is 0 Å². The summed E-state index contributed by atoms with van der Waals surface area (Å²) in [6.07, 6.45) is 5.34. The predicted octanol–water partition coefficient (Wildman–Crippen LogP) is 6.35. The maximum absolute atomic E-state index is 10.5. The molecule has 0 bridgehead atoms. The number of rotatable bonds is 2. The van der Waals surface area contributed by atoms with E-state index in [0.29, 0.717) is 0 Å². The van der Waals surface area contributed by atoms with Crippen LogP contribution in [0.2, 0.25) is 0 Å². The van der Waals surface area contributed by atoms with Gasteiger partial charge in [0.2, 0.25) is 0 Å². The van der Waals surface area contributed by atoms with E-state index in [1.165, 1.54) is 36.0 Å². The zero-order valence-electron chi connectivity index (χ0n) is 16.6. The summed E-state index contributed by atoms with van der Waals surface area (Å²) in [5, 5.41) is 10.5. The van der Waals surface area contributed by atoms with Crippen molar-refractivity contribution in [2.75, 3.05) is 0 Å². The molecule has 0 aromatic heterocycles. The molecule has 0 amide bonds. The molecule has 0 fully saturated rings. The average molecular weight is 317 g/mol. The fraction of sp³-hybridized carbons (Fsp3) is 0.727. The number of hydrogen-bond donors (Lipinski definition) is 1. The van der Waals surface area contributed by atoms with Crippen molar-refractivity contribution < 1.29 is 5.11 Å². The number of allylic oxidation sites excluding steroid dienone is 5. The van der Waals surface area contributed by atoms with E-state index in [1.54, 1.807) is 16.7 Å². The minimum Gasteiger partial charge on any atom is -0.389 e. The molecule has 0 saturated heterocycles. The normalized spacial score (nSPS) is 37.2. The highest BCUT2D eigenvalue weighted by atomic mass is 16.3. The first-order valence-electron chi connectivity index (χ1n) is 9.18. The minimum atomic E-state index is -0.278. The fourth-order valence-corrected chi connectivity index (χ4v) is 4.67. The molecule has 0 aromatic rings. The maximum Gasteiger partial charge on any atom is 0.0758 e. The SMILES string of the molecule is CC1=C(C)CC(C)(C(C)=C(C)C2(C)CC(C)=C(C)C(O)C2)CC1. The molecule has 2 aliphatic rings. The summed E-state index contributed by atoms with van der Waals surface area (Å²) in [5.41, 5.74) is 9.18. The van der Waals surface area contributed by atoms with Crippen LogP contribution in [0.4, 0.5) is 0 Å². The van der Waals surface area contributed by atoms with Crippen molar-refractivity contribution >= 4 is 0 Å². The molecule has 130 valence electrons. The lowest BCUT2D eigenvalue weighted by Crippen LogP contribution is -2.33. The molecule has 1 nitrogen and oxygen atoms in total. The summed E-state index contributed by atoms with van der Waals surface area (Å²) in [7, 11) is 0. The van der Waals surface area contributed by atoms with Gasteiger partial charge in [0, 0.05) is 0 Å².